The van der Waals surface area contributed by atoms with Gasteiger partial charge in [-0.3, -0.25) is 14.5 Å². The van der Waals surface area contributed by atoms with E-state index in [1.807, 2.05) is 66.2 Å². The van der Waals surface area contributed by atoms with E-state index in [1.54, 1.807) is 13.0 Å². The first-order valence-electron chi connectivity index (χ1n) is 9.75. The second-order valence-corrected chi connectivity index (χ2v) is 7.18. The molecule has 7 heteroatoms. The molecule has 1 aromatic heterocycles. The first kappa shape index (κ1) is 19.4. The third kappa shape index (κ3) is 3.69. The molecule has 7 nitrogen and oxygen atoms in total. The normalized spacial score (nSPS) is 15.1. The van der Waals surface area contributed by atoms with Crippen LogP contribution in [0.3, 0.4) is 0 Å². The molecular weight excluding hydrogens is 380 g/mol. The van der Waals surface area contributed by atoms with Gasteiger partial charge >= 0.3 is 6.03 Å². The molecule has 1 saturated heterocycles. The van der Waals surface area contributed by atoms with E-state index in [2.05, 4.69) is 10.6 Å². The molecule has 1 aliphatic rings. The lowest BCUT2D eigenvalue weighted by Gasteiger charge is -2.08. The average Bonchev–Trinajstić information content (AvgIpc) is 3.18. The fraction of sp³-hybridized carbons (Fsp3) is 0.174. The number of rotatable bonds is 5. The van der Waals surface area contributed by atoms with E-state index in [0.717, 1.165) is 32.6 Å². The molecule has 0 spiro atoms. The summed E-state index contributed by atoms with van der Waals surface area (Å²) in [5.74, 6) is -0.500. The Kier molecular flexibility index (Phi) is 5.10. The Balaban J connectivity index is 1.63. The highest BCUT2D eigenvalue weighted by molar-refractivity contribution is 6.14. The van der Waals surface area contributed by atoms with Crippen molar-refractivity contribution in [2.45, 2.75) is 20.4 Å². The number of aromatic nitrogens is 1. The largest absolute Gasteiger partial charge is 0.337 e. The Morgan fingerprint density at radius 1 is 1.13 bits per heavy atom. The molecule has 2 N–H and O–H groups in total. The number of hydrogen-bond donors (Lipinski definition) is 2. The number of amides is 4. The zero-order valence-corrected chi connectivity index (χ0v) is 16.8. The lowest BCUT2D eigenvalue weighted by molar-refractivity contribution is -0.122. The SMILES string of the molecule is CCN1C(=O)NC(=Cc2cn(CC(=O)Nc3cccc(C)c3)c3ccccc23)C1=O. The van der Waals surface area contributed by atoms with Crippen LogP contribution in [0.2, 0.25) is 0 Å². The van der Waals surface area contributed by atoms with Crippen molar-refractivity contribution in [3.63, 3.8) is 0 Å². The number of aryl methyl sites for hydroxylation is 1. The molecule has 0 aliphatic carbocycles. The molecule has 30 heavy (non-hydrogen) atoms. The van der Waals surface area contributed by atoms with Crippen molar-refractivity contribution in [1.29, 1.82) is 0 Å². The summed E-state index contributed by atoms with van der Waals surface area (Å²) >= 11 is 0. The van der Waals surface area contributed by atoms with Gasteiger partial charge in [-0.15, -0.1) is 0 Å². The van der Waals surface area contributed by atoms with Crippen LogP contribution < -0.4 is 10.6 Å². The minimum absolute atomic E-state index is 0.124. The molecule has 1 aliphatic heterocycles. The van der Waals surface area contributed by atoms with Crippen LogP contribution in [-0.4, -0.2) is 33.9 Å². The number of likely N-dealkylation sites (N-methyl/N-ethyl adjacent to an activating group) is 1. The summed E-state index contributed by atoms with van der Waals surface area (Å²) in [6.07, 6.45) is 3.48. The van der Waals surface area contributed by atoms with E-state index >= 15 is 0 Å². The van der Waals surface area contributed by atoms with Gasteiger partial charge in [0.15, 0.2) is 0 Å². The van der Waals surface area contributed by atoms with Crippen LogP contribution in [0.4, 0.5) is 10.5 Å². The number of carbonyl (C=O) groups excluding carboxylic acids is 3. The minimum atomic E-state index is -0.421. The van der Waals surface area contributed by atoms with Crippen LogP contribution >= 0.6 is 0 Å². The number of nitrogens with one attached hydrogen (secondary N) is 2. The van der Waals surface area contributed by atoms with Crippen LogP contribution in [0.1, 0.15) is 18.1 Å². The van der Waals surface area contributed by atoms with Crippen molar-refractivity contribution in [3.8, 4) is 0 Å². The topological polar surface area (TPSA) is 83.4 Å². The van der Waals surface area contributed by atoms with Gasteiger partial charge in [-0.25, -0.2) is 4.79 Å². The van der Waals surface area contributed by atoms with Crippen molar-refractivity contribution in [3.05, 3.63) is 71.6 Å². The summed E-state index contributed by atoms with van der Waals surface area (Å²) in [6, 6.07) is 14.8. The van der Waals surface area contributed by atoms with Gasteiger partial charge in [0.2, 0.25) is 5.91 Å². The lowest BCUT2D eigenvalue weighted by atomic mass is 10.1. The van der Waals surface area contributed by atoms with E-state index in [9.17, 15) is 14.4 Å². The number of benzene rings is 2. The maximum absolute atomic E-state index is 12.6. The molecule has 0 atom stereocenters. The monoisotopic (exact) mass is 402 g/mol. The molecule has 4 amide bonds. The van der Waals surface area contributed by atoms with Crippen molar-refractivity contribution < 1.29 is 14.4 Å². The number of urea groups is 1. The Morgan fingerprint density at radius 2 is 1.93 bits per heavy atom. The van der Waals surface area contributed by atoms with Gasteiger partial charge in [0, 0.05) is 34.9 Å². The zero-order chi connectivity index (χ0) is 21.3. The van der Waals surface area contributed by atoms with E-state index < -0.39 is 6.03 Å². The first-order chi connectivity index (χ1) is 14.5. The number of nitrogens with zero attached hydrogens (tertiary/aromatic N) is 2. The van der Waals surface area contributed by atoms with Gasteiger partial charge in [-0.2, -0.15) is 0 Å². The van der Waals surface area contributed by atoms with Gasteiger partial charge in [-0.05, 0) is 43.7 Å². The Hall–Kier alpha value is -3.87. The fourth-order valence-corrected chi connectivity index (χ4v) is 3.61. The maximum atomic E-state index is 12.6. The quantitative estimate of drug-likeness (QED) is 0.506. The number of carbonyl (C=O) groups is 3. The van der Waals surface area contributed by atoms with Gasteiger partial charge in [-0.1, -0.05) is 30.3 Å². The first-order valence-corrected chi connectivity index (χ1v) is 9.75. The third-order valence-corrected chi connectivity index (χ3v) is 5.01. The van der Waals surface area contributed by atoms with Gasteiger partial charge in [0.1, 0.15) is 12.2 Å². The molecule has 0 bridgehead atoms. The van der Waals surface area contributed by atoms with Crippen molar-refractivity contribution in [2.24, 2.45) is 0 Å². The Bertz CT molecular complexity index is 1190. The van der Waals surface area contributed by atoms with E-state index in [1.165, 1.54) is 0 Å². The molecule has 0 radical (unpaired) electrons. The summed E-state index contributed by atoms with van der Waals surface area (Å²) in [6.45, 7) is 4.15. The van der Waals surface area contributed by atoms with Crippen molar-refractivity contribution >= 4 is 40.5 Å². The molecule has 2 heterocycles. The standard InChI is InChI=1S/C23H22N4O3/c1-3-27-22(29)19(25-23(27)30)12-16-13-26(20-10-5-4-9-18(16)20)14-21(28)24-17-8-6-7-15(2)11-17/h4-13H,3,14H2,1-2H3,(H,24,28)(H,25,30). The van der Waals surface area contributed by atoms with Crippen LogP contribution in [0, 0.1) is 6.92 Å². The van der Waals surface area contributed by atoms with Crippen LogP contribution in [0.15, 0.2) is 60.4 Å². The van der Waals surface area contributed by atoms with E-state index in [-0.39, 0.29) is 24.1 Å². The number of fused-ring (bicyclic) bond motifs is 1. The van der Waals surface area contributed by atoms with Crippen LogP contribution in [0.25, 0.3) is 17.0 Å². The molecule has 3 aromatic rings. The smallest absolute Gasteiger partial charge is 0.328 e. The number of anilines is 1. The highest BCUT2D eigenvalue weighted by Gasteiger charge is 2.32. The summed E-state index contributed by atoms with van der Waals surface area (Å²) in [5.41, 5.74) is 3.67. The highest BCUT2D eigenvalue weighted by Crippen LogP contribution is 2.25. The second-order valence-electron chi connectivity index (χ2n) is 7.18. The summed E-state index contributed by atoms with van der Waals surface area (Å²) in [5, 5.41) is 6.42. The third-order valence-electron chi connectivity index (χ3n) is 5.01. The number of para-hydroxylation sites is 1. The summed E-state index contributed by atoms with van der Waals surface area (Å²) in [7, 11) is 0. The molecule has 0 unspecified atom stereocenters. The summed E-state index contributed by atoms with van der Waals surface area (Å²) in [4.78, 5) is 38.1. The molecule has 1 fully saturated rings. The van der Waals surface area contributed by atoms with Gasteiger partial charge in [0.05, 0.1) is 0 Å². The van der Waals surface area contributed by atoms with Gasteiger partial charge < -0.3 is 15.2 Å². The average molecular weight is 402 g/mol. The maximum Gasteiger partial charge on any atom is 0.328 e. The predicted octanol–water partition coefficient (Wildman–Crippen LogP) is 3.50. The summed E-state index contributed by atoms with van der Waals surface area (Å²) < 4.78 is 1.84. The molecule has 152 valence electrons. The molecular formula is C23H22N4O3. The number of hydrogen-bond acceptors (Lipinski definition) is 3. The van der Waals surface area contributed by atoms with Crippen molar-refractivity contribution in [2.75, 3.05) is 11.9 Å². The fourth-order valence-electron chi connectivity index (χ4n) is 3.61. The predicted molar refractivity (Wildman–Crippen MR) is 116 cm³/mol. The van der Waals surface area contributed by atoms with Crippen LogP contribution in [0.5, 0.6) is 0 Å². The van der Waals surface area contributed by atoms with E-state index in [4.69, 9.17) is 0 Å². The Morgan fingerprint density at radius 3 is 2.67 bits per heavy atom. The molecule has 0 saturated carbocycles. The highest BCUT2D eigenvalue weighted by atomic mass is 16.2. The Labute approximate surface area is 174 Å². The van der Waals surface area contributed by atoms with E-state index in [0.29, 0.717) is 6.54 Å². The van der Waals surface area contributed by atoms with Crippen LogP contribution in [-0.2, 0) is 16.1 Å². The van der Waals surface area contributed by atoms with Crippen molar-refractivity contribution in [1.82, 2.24) is 14.8 Å². The minimum Gasteiger partial charge on any atom is -0.337 e. The molecule has 2 aromatic carbocycles. The zero-order valence-electron chi connectivity index (χ0n) is 16.8. The lowest BCUT2D eigenvalue weighted by Crippen LogP contribution is -2.30. The van der Waals surface area contributed by atoms with Gasteiger partial charge in [0.25, 0.3) is 5.91 Å². The second kappa shape index (κ2) is 7.87. The molecule has 4 rings (SSSR count). The number of imide groups is 1.